The Morgan fingerprint density at radius 3 is 1.84 bits per heavy atom. The highest BCUT2D eigenvalue weighted by Crippen LogP contribution is 2.28. The van der Waals surface area contributed by atoms with Crippen LogP contribution in [0.25, 0.3) is 0 Å². The number of rotatable bonds is 9. The Hall–Kier alpha value is -1.69. The summed E-state index contributed by atoms with van der Waals surface area (Å²) in [6.45, 7) is 4.04. The molecule has 2 rings (SSSR count). The van der Waals surface area contributed by atoms with Crippen molar-refractivity contribution in [2.24, 2.45) is 11.7 Å². The van der Waals surface area contributed by atoms with Gasteiger partial charge in [0.15, 0.2) is 0 Å². The second kappa shape index (κ2) is 9.13. The molecular formula is C20H28N2O2S. The summed E-state index contributed by atoms with van der Waals surface area (Å²) in [5.41, 5.74) is 8.22. The smallest absolute Gasteiger partial charge is 0.212 e. The van der Waals surface area contributed by atoms with Gasteiger partial charge in [-0.05, 0) is 17.0 Å². The molecule has 0 fully saturated rings. The lowest BCUT2D eigenvalue weighted by Crippen LogP contribution is -2.38. The molecule has 4 nitrogen and oxygen atoms in total. The van der Waals surface area contributed by atoms with Crippen LogP contribution in [-0.4, -0.2) is 14.2 Å². The van der Waals surface area contributed by atoms with Crippen LogP contribution < -0.4 is 10.5 Å². The Morgan fingerprint density at radius 2 is 1.36 bits per heavy atom. The third kappa shape index (κ3) is 5.66. The molecule has 5 heteroatoms. The lowest BCUT2D eigenvalue weighted by molar-refractivity contribution is 0.483. The van der Waals surface area contributed by atoms with Crippen LogP contribution in [0.4, 0.5) is 0 Å². The maximum Gasteiger partial charge on any atom is 0.212 e. The van der Waals surface area contributed by atoms with Crippen LogP contribution in [-0.2, 0) is 10.0 Å². The first-order chi connectivity index (χ1) is 12.0. The van der Waals surface area contributed by atoms with Crippen LogP contribution in [0.1, 0.15) is 49.9 Å². The van der Waals surface area contributed by atoms with Gasteiger partial charge in [-0.15, -0.1) is 0 Å². The average Bonchev–Trinajstić information content (AvgIpc) is 2.65. The first-order valence-electron chi connectivity index (χ1n) is 8.82. The predicted octanol–water partition coefficient (Wildman–Crippen LogP) is 3.78. The molecule has 0 spiro atoms. The highest BCUT2D eigenvalue weighted by atomic mass is 32.2. The van der Waals surface area contributed by atoms with E-state index >= 15 is 0 Å². The van der Waals surface area contributed by atoms with Crippen molar-refractivity contribution < 1.29 is 8.42 Å². The maximum absolute atomic E-state index is 12.7. The minimum Gasteiger partial charge on any atom is -0.322 e. The molecule has 0 aliphatic rings. The van der Waals surface area contributed by atoms with Gasteiger partial charge in [0.25, 0.3) is 0 Å². The first kappa shape index (κ1) is 19.6. The van der Waals surface area contributed by atoms with Gasteiger partial charge in [-0.2, -0.15) is 0 Å². The van der Waals surface area contributed by atoms with Gasteiger partial charge in [0, 0.05) is 0 Å². The van der Waals surface area contributed by atoms with Crippen molar-refractivity contribution in [3.05, 3.63) is 71.8 Å². The Bertz CT molecular complexity index is 729. The number of hydrogen-bond acceptors (Lipinski definition) is 3. The molecule has 0 aliphatic heterocycles. The number of hydrogen-bond donors (Lipinski definition) is 2. The van der Waals surface area contributed by atoms with Crippen LogP contribution in [0.5, 0.6) is 0 Å². The number of nitrogens with two attached hydrogens (primary N) is 1. The van der Waals surface area contributed by atoms with Crippen molar-refractivity contribution in [3.63, 3.8) is 0 Å². The number of sulfonamides is 1. The number of nitrogens with one attached hydrogen (secondary N) is 1. The first-order valence-corrected chi connectivity index (χ1v) is 10.5. The normalized spacial score (nSPS) is 14.4. The van der Waals surface area contributed by atoms with Crippen LogP contribution >= 0.6 is 0 Å². The second-order valence-corrected chi connectivity index (χ2v) is 8.21. The Morgan fingerprint density at radius 1 is 0.880 bits per heavy atom. The summed E-state index contributed by atoms with van der Waals surface area (Å²) >= 11 is 0. The molecule has 3 N–H and O–H groups in total. The van der Waals surface area contributed by atoms with E-state index in [9.17, 15) is 8.42 Å². The molecule has 2 unspecified atom stereocenters. The van der Waals surface area contributed by atoms with Gasteiger partial charge in [0.05, 0.1) is 17.8 Å². The van der Waals surface area contributed by atoms with Crippen molar-refractivity contribution in [2.45, 2.75) is 38.8 Å². The SMILES string of the molecule is CCC(CC)CS(=O)(=O)NC(c1ccccc1)C(N)c1ccccc1. The van der Waals surface area contributed by atoms with E-state index in [-0.39, 0.29) is 11.7 Å². The van der Waals surface area contributed by atoms with Crippen LogP contribution in [0.2, 0.25) is 0 Å². The molecule has 25 heavy (non-hydrogen) atoms. The van der Waals surface area contributed by atoms with Crippen molar-refractivity contribution in [1.29, 1.82) is 0 Å². The van der Waals surface area contributed by atoms with E-state index in [0.29, 0.717) is 0 Å². The fourth-order valence-corrected chi connectivity index (χ4v) is 4.81. The molecule has 0 radical (unpaired) electrons. The molecule has 0 heterocycles. The van der Waals surface area contributed by atoms with Gasteiger partial charge in [-0.25, -0.2) is 13.1 Å². The molecule has 136 valence electrons. The van der Waals surface area contributed by atoms with Gasteiger partial charge >= 0.3 is 0 Å². The fraction of sp³-hybridized carbons (Fsp3) is 0.400. The van der Waals surface area contributed by atoms with Crippen molar-refractivity contribution in [2.75, 3.05) is 5.75 Å². The molecule has 0 aliphatic carbocycles. The van der Waals surface area contributed by atoms with Crippen molar-refractivity contribution in [3.8, 4) is 0 Å². The minimum absolute atomic E-state index is 0.130. The van der Waals surface area contributed by atoms with E-state index in [0.717, 1.165) is 24.0 Å². The monoisotopic (exact) mass is 360 g/mol. The zero-order valence-electron chi connectivity index (χ0n) is 14.9. The zero-order chi connectivity index (χ0) is 18.3. The fourth-order valence-electron chi connectivity index (χ4n) is 2.95. The molecule has 0 aromatic heterocycles. The third-order valence-corrected chi connectivity index (χ3v) is 6.14. The van der Waals surface area contributed by atoms with Crippen LogP contribution in [0.15, 0.2) is 60.7 Å². The van der Waals surface area contributed by atoms with E-state index in [2.05, 4.69) is 4.72 Å². The summed E-state index contributed by atoms with van der Waals surface area (Å²) in [4.78, 5) is 0. The van der Waals surface area contributed by atoms with Crippen LogP contribution in [0, 0.1) is 5.92 Å². The summed E-state index contributed by atoms with van der Waals surface area (Å²) in [5.74, 6) is 0.284. The predicted molar refractivity (Wildman–Crippen MR) is 104 cm³/mol. The topological polar surface area (TPSA) is 72.2 Å². The van der Waals surface area contributed by atoms with Gasteiger partial charge in [0.1, 0.15) is 0 Å². The molecule has 2 atom stereocenters. The largest absolute Gasteiger partial charge is 0.322 e. The summed E-state index contributed by atoms with van der Waals surface area (Å²) < 4.78 is 28.3. The van der Waals surface area contributed by atoms with Gasteiger partial charge in [0.2, 0.25) is 10.0 Å². The Kier molecular flexibility index (Phi) is 7.17. The highest BCUT2D eigenvalue weighted by Gasteiger charge is 2.27. The Labute approximate surface area is 151 Å². The lowest BCUT2D eigenvalue weighted by Gasteiger charge is -2.26. The molecule has 2 aromatic carbocycles. The second-order valence-electron chi connectivity index (χ2n) is 6.41. The summed E-state index contributed by atoms with van der Waals surface area (Å²) in [7, 11) is -3.44. The molecule has 0 saturated heterocycles. The molecule has 0 bridgehead atoms. The quantitative estimate of drug-likeness (QED) is 0.715. The van der Waals surface area contributed by atoms with E-state index in [1.54, 1.807) is 0 Å². The summed E-state index contributed by atoms with van der Waals surface area (Å²) in [5, 5.41) is 0. The van der Waals surface area contributed by atoms with Gasteiger partial charge in [-0.1, -0.05) is 87.4 Å². The van der Waals surface area contributed by atoms with Crippen LogP contribution in [0.3, 0.4) is 0 Å². The maximum atomic E-state index is 12.7. The van der Waals surface area contributed by atoms with E-state index in [1.165, 1.54) is 0 Å². The average molecular weight is 361 g/mol. The molecule has 2 aromatic rings. The van der Waals surface area contributed by atoms with E-state index in [4.69, 9.17) is 5.73 Å². The minimum atomic E-state index is -3.44. The molecule has 0 saturated carbocycles. The number of benzene rings is 2. The highest BCUT2D eigenvalue weighted by molar-refractivity contribution is 7.89. The standard InChI is InChI=1S/C20H28N2O2S/c1-3-16(4-2)15-25(23,24)22-20(18-13-9-6-10-14-18)19(21)17-11-7-5-8-12-17/h5-14,16,19-20,22H,3-4,15,21H2,1-2H3. The summed E-state index contributed by atoms with van der Waals surface area (Å²) in [6, 6.07) is 18.2. The molecule has 0 amide bonds. The van der Waals surface area contributed by atoms with Crippen molar-refractivity contribution in [1.82, 2.24) is 4.72 Å². The Balaban J connectivity index is 2.30. The third-order valence-electron chi connectivity index (χ3n) is 4.62. The van der Waals surface area contributed by atoms with Gasteiger partial charge < -0.3 is 5.73 Å². The lowest BCUT2D eigenvalue weighted by atomic mass is 9.95. The van der Waals surface area contributed by atoms with E-state index in [1.807, 2.05) is 74.5 Å². The van der Waals surface area contributed by atoms with E-state index < -0.39 is 22.1 Å². The van der Waals surface area contributed by atoms with Gasteiger partial charge in [-0.3, -0.25) is 0 Å². The van der Waals surface area contributed by atoms with Crippen molar-refractivity contribution >= 4 is 10.0 Å². The molecular weight excluding hydrogens is 332 g/mol. The summed E-state index contributed by atoms with van der Waals surface area (Å²) in [6.07, 6.45) is 1.69. The zero-order valence-corrected chi connectivity index (χ0v) is 15.7.